The van der Waals surface area contributed by atoms with Crippen molar-refractivity contribution in [1.29, 1.82) is 0 Å². The first-order chi connectivity index (χ1) is 14.8. The zero-order chi connectivity index (χ0) is 24.4. The predicted molar refractivity (Wildman–Crippen MR) is 100 cm³/mol. The van der Waals surface area contributed by atoms with E-state index in [0.29, 0.717) is 12.8 Å². The third-order valence-electron chi connectivity index (χ3n) is 4.62. The van der Waals surface area contributed by atoms with Gasteiger partial charge in [0.15, 0.2) is 6.61 Å². The zero-order valence-electron chi connectivity index (χ0n) is 17.4. The molecule has 0 fully saturated rings. The summed E-state index contributed by atoms with van der Waals surface area (Å²) < 4.78 is 98.6. The van der Waals surface area contributed by atoms with Crippen LogP contribution >= 0.6 is 0 Å². The Labute approximate surface area is 181 Å². The van der Waals surface area contributed by atoms with E-state index in [1.165, 1.54) is 12.1 Å². The van der Waals surface area contributed by atoms with Gasteiger partial charge >= 0.3 is 30.0 Å². The number of unbranched alkanes of at least 4 members (excludes halogenated alkanes) is 3. The summed E-state index contributed by atoms with van der Waals surface area (Å²) in [5.41, 5.74) is 0. The molecule has 0 aliphatic heterocycles. The molecule has 1 aromatic carbocycles. The molecule has 0 bridgehead atoms. The van der Waals surface area contributed by atoms with E-state index in [2.05, 4.69) is 4.74 Å². The van der Waals surface area contributed by atoms with Gasteiger partial charge in [-0.3, -0.25) is 9.59 Å². The molecule has 0 heterocycles. The number of hydrogen-bond donors (Lipinski definition) is 0. The van der Waals surface area contributed by atoms with E-state index in [4.69, 9.17) is 4.74 Å². The number of alkyl halides is 7. The van der Waals surface area contributed by atoms with Crippen LogP contribution in [0.4, 0.5) is 30.7 Å². The normalized spacial score (nSPS) is 13.5. The number of hydrogen-bond acceptors (Lipinski definition) is 4. The Kier molecular flexibility index (Phi) is 10.4. The highest BCUT2D eigenvalue weighted by Gasteiger charge is 2.73. The number of rotatable bonds is 13. The second-order valence-corrected chi connectivity index (χ2v) is 7.26. The highest BCUT2D eigenvalue weighted by Crippen LogP contribution is 2.46. The lowest BCUT2D eigenvalue weighted by Gasteiger charge is -2.28. The van der Waals surface area contributed by atoms with Gasteiger partial charge in [-0.05, 0) is 25.0 Å². The molecule has 1 atom stereocenters. The summed E-state index contributed by atoms with van der Waals surface area (Å²) in [7, 11) is 0. The van der Waals surface area contributed by atoms with Crippen LogP contribution in [0.15, 0.2) is 30.3 Å². The van der Waals surface area contributed by atoms with Gasteiger partial charge in [0.05, 0.1) is 5.92 Å². The molecule has 0 amide bonds. The van der Waals surface area contributed by atoms with Crippen LogP contribution in [0.5, 0.6) is 5.75 Å². The van der Waals surface area contributed by atoms with E-state index in [1.807, 2.05) is 6.92 Å². The Hall–Kier alpha value is -2.33. The highest BCUT2D eigenvalue weighted by atomic mass is 19.4. The largest absolute Gasteiger partial charge is 0.460 e. The van der Waals surface area contributed by atoms with Crippen LogP contribution in [0.1, 0.15) is 51.9 Å². The van der Waals surface area contributed by atoms with Crippen LogP contribution in [-0.4, -0.2) is 36.6 Å². The van der Waals surface area contributed by atoms with Gasteiger partial charge in [-0.2, -0.15) is 30.7 Å². The minimum atomic E-state index is -6.51. The Morgan fingerprint density at radius 1 is 0.906 bits per heavy atom. The van der Waals surface area contributed by atoms with Crippen molar-refractivity contribution in [2.24, 2.45) is 5.92 Å². The van der Waals surface area contributed by atoms with Crippen LogP contribution < -0.4 is 4.74 Å². The van der Waals surface area contributed by atoms with Crippen molar-refractivity contribution in [2.45, 2.75) is 69.9 Å². The summed E-state index contributed by atoms with van der Waals surface area (Å²) in [4.78, 5) is 24.1. The van der Waals surface area contributed by atoms with Crippen LogP contribution in [-0.2, 0) is 14.3 Å². The van der Waals surface area contributed by atoms with Gasteiger partial charge in [0.1, 0.15) is 5.75 Å². The van der Waals surface area contributed by atoms with Crippen LogP contribution in [0.25, 0.3) is 0 Å². The minimum Gasteiger partial charge on any atom is -0.459 e. The molecule has 0 N–H and O–H groups in total. The number of para-hydroxylation sites is 1. The van der Waals surface area contributed by atoms with Crippen LogP contribution in [0, 0.1) is 5.92 Å². The number of carbonyl (C=O) groups excluding carboxylic acids is 2. The molecule has 11 heteroatoms. The monoisotopic (exact) mass is 474 g/mol. The van der Waals surface area contributed by atoms with Gasteiger partial charge < -0.3 is 9.47 Å². The molecule has 0 saturated carbocycles. The van der Waals surface area contributed by atoms with Crippen LogP contribution in [0.2, 0.25) is 0 Å². The highest BCUT2D eigenvalue weighted by molar-refractivity contribution is 5.75. The van der Waals surface area contributed by atoms with Crippen molar-refractivity contribution in [2.75, 3.05) is 6.61 Å². The van der Waals surface area contributed by atoms with Crippen molar-refractivity contribution in [1.82, 2.24) is 0 Å². The van der Waals surface area contributed by atoms with Crippen molar-refractivity contribution in [3.8, 4) is 5.75 Å². The third-order valence-corrected chi connectivity index (χ3v) is 4.62. The fraction of sp³-hybridized carbons (Fsp3) is 0.619. The maximum absolute atomic E-state index is 13.4. The first kappa shape index (κ1) is 27.7. The quantitative estimate of drug-likeness (QED) is 0.145. The molecule has 0 radical (unpaired) electrons. The molecule has 0 saturated heterocycles. The summed E-state index contributed by atoms with van der Waals surface area (Å²) in [6.07, 6.45) is -4.11. The lowest BCUT2D eigenvalue weighted by molar-refractivity contribution is -0.360. The summed E-state index contributed by atoms with van der Waals surface area (Å²) in [5, 5.41) is 0. The fourth-order valence-electron chi connectivity index (χ4n) is 2.74. The minimum absolute atomic E-state index is 0.0959. The molecule has 0 aliphatic carbocycles. The number of halogens is 7. The first-order valence-corrected chi connectivity index (χ1v) is 10.1. The second-order valence-electron chi connectivity index (χ2n) is 7.26. The maximum atomic E-state index is 13.4. The smallest absolute Gasteiger partial charge is 0.459 e. The Bertz CT molecular complexity index is 721. The standard InChI is InChI=1S/C21H25F7O4/c1-2-3-4-6-9-15(12-13-17(29)32-16-10-7-5-8-11-16)18(30)31-14-19(22,23)20(24,25)21(26,27)28/h5,7-8,10-11,15H,2-4,6,9,12-14H2,1H3. The van der Waals surface area contributed by atoms with E-state index >= 15 is 0 Å². The average molecular weight is 474 g/mol. The molecular weight excluding hydrogens is 449 g/mol. The molecule has 0 aliphatic rings. The molecule has 182 valence electrons. The zero-order valence-corrected chi connectivity index (χ0v) is 17.4. The SMILES string of the molecule is CCCCCCC(CCC(=O)Oc1ccccc1)C(=O)OCC(F)(F)C(F)(F)C(F)(F)F. The second kappa shape index (κ2) is 12.1. The van der Waals surface area contributed by atoms with E-state index in [1.54, 1.807) is 18.2 Å². The summed E-state index contributed by atoms with van der Waals surface area (Å²) in [6, 6.07) is 7.95. The van der Waals surface area contributed by atoms with Crippen molar-refractivity contribution < 1.29 is 49.8 Å². The van der Waals surface area contributed by atoms with Gasteiger partial charge in [-0.15, -0.1) is 0 Å². The van der Waals surface area contributed by atoms with Gasteiger partial charge in [-0.25, -0.2) is 0 Å². The molecule has 1 aromatic rings. The lowest BCUT2D eigenvalue weighted by atomic mass is 9.96. The molecule has 32 heavy (non-hydrogen) atoms. The van der Waals surface area contributed by atoms with E-state index in [9.17, 15) is 40.3 Å². The first-order valence-electron chi connectivity index (χ1n) is 10.1. The molecule has 1 rings (SSSR count). The van der Waals surface area contributed by atoms with Crippen molar-refractivity contribution in [3.05, 3.63) is 30.3 Å². The molecule has 0 spiro atoms. The number of benzene rings is 1. The Morgan fingerprint density at radius 3 is 2.09 bits per heavy atom. The molecule has 1 unspecified atom stereocenters. The Morgan fingerprint density at radius 2 is 1.53 bits per heavy atom. The fourth-order valence-corrected chi connectivity index (χ4v) is 2.74. The van der Waals surface area contributed by atoms with E-state index in [-0.39, 0.29) is 25.0 Å². The summed E-state index contributed by atoms with van der Waals surface area (Å²) in [5.74, 6) is -15.0. The summed E-state index contributed by atoms with van der Waals surface area (Å²) >= 11 is 0. The maximum Gasteiger partial charge on any atom is 0.460 e. The molecular formula is C21H25F7O4. The molecule has 0 aromatic heterocycles. The lowest BCUT2D eigenvalue weighted by Crippen LogP contribution is -2.54. The number of carbonyl (C=O) groups is 2. The number of esters is 2. The van der Waals surface area contributed by atoms with Crippen LogP contribution in [0.3, 0.4) is 0 Å². The van der Waals surface area contributed by atoms with E-state index in [0.717, 1.165) is 12.8 Å². The topological polar surface area (TPSA) is 52.6 Å². The molecule has 4 nitrogen and oxygen atoms in total. The van der Waals surface area contributed by atoms with Gasteiger partial charge in [0, 0.05) is 6.42 Å². The predicted octanol–water partition coefficient (Wildman–Crippen LogP) is 6.33. The van der Waals surface area contributed by atoms with Crippen molar-refractivity contribution >= 4 is 11.9 Å². The Balaban J connectivity index is 2.72. The van der Waals surface area contributed by atoms with Gasteiger partial charge in [-0.1, -0.05) is 50.8 Å². The third kappa shape index (κ3) is 8.31. The summed E-state index contributed by atoms with van der Waals surface area (Å²) in [6.45, 7) is -0.507. The van der Waals surface area contributed by atoms with Gasteiger partial charge in [0.2, 0.25) is 0 Å². The van der Waals surface area contributed by atoms with Gasteiger partial charge in [0.25, 0.3) is 0 Å². The number of ether oxygens (including phenoxy) is 2. The average Bonchev–Trinajstić information content (AvgIpc) is 2.71. The van der Waals surface area contributed by atoms with E-state index < -0.39 is 42.5 Å². The van der Waals surface area contributed by atoms with Crippen molar-refractivity contribution in [3.63, 3.8) is 0 Å².